The molecule has 0 heterocycles. The fourth-order valence-electron chi connectivity index (χ4n) is 1.96. The van der Waals surface area contributed by atoms with Gasteiger partial charge in [-0.2, -0.15) is 0 Å². The fourth-order valence-corrected chi connectivity index (χ4v) is 2.77. The highest BCUT2D eigenvalue weighted by Gasteiger charge is 2.13. The van der Waals surface area contributed by atoms with Crippen LogP contribution in [0.1, 0.15) is 31.0 Å². The number of hydrogen-bond donors (Lipinski definition) is 1. The van der Waals surface area contributed by atoms with Crippen molar-refractivity contribution in [2.75, 3.05) is 0 Å². The second-order valence-electron chi connectivity index (χ2n) is 4.88. The van der Waals surface area contributed by atoms with E-state index < -0.39 is 0 Å². The third-order valence-corrected chi connectivity index (χ3v) is 3.84. The van der Waals surface area contributed by atoms with Gasteiger partial charge in [0.05, 0.1) is 12.1 Å². The molecule has 0 aliphatic carbocycles. The Labute approximate surface area is 132 Å². The van der Waals surface area contributed by atoms with Gasteiger partial charge in [-0.05, 0) is 71.8 Å². The van der Waals surface area contributed by atoms with E-state index in [-0.39, 0.29) is 18.0 Å². The summed E-state index contributed by atoms with van der Waals surface area (Å²) in [7, 11) is 0. The van der Waals surface area contributed by atoms with E-state index in [0.29, 0.717) is 0 Å². The number of rotatable bonds is 4. The van der Waals surface area contributed by atoms with Crippen molar-refractivity contribution in [1.29, 1.82) is 0 Å². The quantitative estimate of drug-likeness (QED) is 0.799. The van der Waals surface area contributed by atoms with Crippen LogP contribution in [0.3, 0.4) is 0 Å². The van der Waals surface area contributed by atoms with Crippen molar-refractivity contribution in [3.05, 3.63) is 63.0 Å². The van der Waals surface area contributed by atoms with Crippen LogP contribution >= 0.6 is 22.6 Å². The monoisotopic (exact) mass is 385 g/mol. The molecule has 0 saturated heterocycles. The average Bonchev–Trinajstić information content (AvgIpc) is 2.38. The van der Waals surface area contributed by atoms with Crippen molar-refractivity contribution < 1.29 is 9.13 Å². The van der Waals surface area contributed by atoms with E-state index in [4.69, 9.17) is 10.5 Å². The molecule has 2 aromatic carbocycles. The van der Waals surface area contributed by atoms with Gasteiger partial charge in [0.1, 0.15) is 11.6 Å². The van der Waals surface area contributed by atoms with E-state index >= 15 is 0 Å². The Bertz CT molecular complexity index is 584. The summed E-state index contributed by atoms with van der Waals surface area (Å²) in [5.74, 6) is 0.579. The maximum absolute atomic E-state index is 13.1. The van der Waals surface area contributed by atoms with Gasteiger partial charge in [-0.1, -0.05) is 18.2 Å². The van der Waals surface area contributed by atoms with E-state index in [0.717, 1.165) is 20.4 Å². The molecule has 20 heavy (non-hydrogen) atoms. The van der Waals surface area contributed by atoms with Gasteiger partial charge < -0.3 is 10.5 Å². The number of ether oxygens (including phenoxy) is 1. The minimum absolute atomic E-state index is 0.146. The molecule has 0 amide bonds. The van der Waals surface area contributed by atoms with Gasteiger partial charge in [0, 0.05) is 3.57 Å². The first kappa shape index (κ1) is 15.3. The third-order valence-electron chi connectivity index (χ3n) is 2.91. The molecule has 0 spiro atoms. The molecule has 1 atom stereocenters. The second kappa shape index (κ2) is 6.54. The second-order valence-corrected chi connectivity index (χ2v) is 6.04. The predicted molar refractivity (Wildman–Crippen MR) is 87.4 cm³/mol. The van der Waals surface area contributed by atoms with Crippen molar-refractivity contribution in [2.45, 2.75) is 26.0 Å². The Hall–Kier alpha value is -1.14. The highest BCUT2D eigenvalue weighted by Crippen LogP contribution is 2.26. The first-order valence-electron chi connectivity index (χ1n) is 6.44. The van der Waals surface area contributed by atoms with Crippen molar-refractivity contribution >= 4 is 22.6 Å². The van der Waals surface area contributed by atoms with Gasteiger partial charge in [0.25, 0.3) is 0 Å². The van der Waals surface area contributed by atoms with Crippen LogP contribution < -0.4 is 10.5 Å². The molecule has 0 bridgehead atoms. The standard InChI is InChI=1S/C16H17FINO/c1-10(2)20-13-6-3-11(4-7-13)16(19)14-8-5-12(17)9-15(14)18/h3-10,16H,19H2,1-2H3. The normalized spacial score (nSPS) is 12.5. The molecule has 0 aromatic heterocycles. The molecule has 1 unspecified atom stereocenters. The highest BCUT2D eigenvalue weighted by molar-refractivity contribution is 14.1. The highest BCUT2D eigenvalue weighted by atomic mass is 127. The summed E-state index contributed by atoms with van der Waals surface area (Å²) in [6, 6.07) is 12.1. The molecule has 2 rings (SSSR count). The maximum Gasteiger partial charge on any atom is 0.124 e. The van der Waals surface area contributed by atoms with Crippen LogP contribution in [0.2, 0.25) is 0 Å². The summed E-state index contributed by atoms with van der Waals surface area (Å²) in [4.78, 5) is 0. The minimum Gasteiger partial charge on any atom is -0.491 e. The van der Waals surface area contributed by atoms with Gasteiger partial charge in [-0.3, -0.25) is 0 Å². The Morgan fingerprint density at radius 3 is 2.30 bits per heavy atom. The molecule has 0 saturated carbocycles. The SMILES string of the molecule is CC(C)Oc1ccc(C(N)c2ccc(F)cc2I)cc1. The summed E-state index contributed by atoms with van der Waals surface area (Å²) in [5, 5.41) is 0. The minimum atomic E-state index is -0.268. The molecular formula is C16H17FINO. The van der Waals surface area contributed by atoms with E-state index in [1.54, 1.807) is 6.07 Å². The summed E-state index contributed by atoms with van der Waals surface area (Å²) < 4.78 is 19.6. The Kier molecular flexibility index (Phi) is 4.99. The largest absolute Gasteiger partial charge is 0.491 e. The van der Waals surface area contributed by atoms with Crippen molar-refractivity contribution in [2.24, 2.45) is 5.73 Å². The number of nitrogens with two attached hydrogens (primary N) is 1. The van der Waals surface area contributed by atoms with Crippen LogP contribution in [0.4, 0.5) is 4.39 Å². The number of benzene rings is 2. The van der Waals surface area contributed by atoms with Crippen LogP contribution in [0.15, 0.2) is 42.5 Å². The van der Waals surface area contributed by atoms with E-state index in [2.05, 4.69) is 22.6 Å². The predicted octanol–water partition coefficient (Wildman–Crippen LogP) is 4.27. The summed E-state index contributed by atoms with van der Waals surface area (Å²) in [6.45, 7) is 3.97. The Morgan fingerprint density at radius 1 is 1.10 bits per heavy atom. The Balaban J connectivity index is 2.22. The number of hydrogen-bond acceptors (Lipinski definition) is 2. The van der Waals surface area contributed by atoms with Gasteiger partial charge in [-0.25, -0.2) is 4.39 Å². The zero-order chi connectivity index (χ0) is 14.7. The fraction of sp³-hybridized carbons (Fsp3) is 0.250. The lowest BCUT2D eigenvalue weighted by Gasteiger charge is -2.16. The van der Waals surface area contributed by atoms with E-state index in [9.17, 15) is 4.39 Å². The van der Waals surface area contributed by atoms with Crippen molar-refractivity contribution in [1.82, 2.24) is 0 Å². The molecular weight excluding hydrogens is 368 g/mol. The van der Waals surface area contributed by atoms with Crippen molar-refractivity contribution in [3.8, 4) is 5.75 Å². The molecule has 2 aromatic rings. The molecule has 0 fully saturated rings. The van der Waals surface area contributed by atoms with E-state index in [1.165, 1.54) is 12.1 Å². The smallest absolute Gasteiger partial charge is 0.124 e. The molecule has 0 aliphatic rings. The van der Waals surface area contributed by atoms with Crippen LogP contribution in [0, 0.1) is 9.39 Å². The Morgan fingerprint density at radius 2 is 1.75 bits per heavy atom. The van der Waals surface area contributed by atoms with Crippen molar-refractivity contribution in [3.63, 3.8) is 0 Å². The van der Waals surface area contributed by atoms with Crippen LogP contribution in [-0.2, 0) is 0 Å². The van der Waals surface area contributed by atoms with Crippen LogP contribution in [0.5, 0.6) is 5.75 Å². The van der Waals surface area contributed by atoms with E-state index in [1.807, 2.05) is 38.1 Å². The summed E-state index contributed by atoms with van der Waals surface area (Å²) in [5.41, 5.74) is 8.15. The summed E-state index contributed by atoms with van der Waals surface area (Å²) in [6.07, 6.45) is 0.146. The van der Waals surface area contributed by atoms with Gasteiger partial charge in [0.15, 0.2) is 0 Å². The zero-order valence-corrected chi connectivity index (χ0v) is 13.6. The molecule has 0 aliphatic heterocycles. The average molecular weight is 385 g/mol. The molecule has 2 N–H and O–H groups in total. The lowest BCUT2D eigenvalue weighted by Crippen LogP contribution is -2.13. The maximum atomic E-state index is 13.1. The first-order chi connectivity index (χ1) is 9.47. The molecule has 0 radical (unpaired) electrons. The summed E-state index contributed by atoms with van der Waals surface area (Å²) >= 11 is 2.11. The van der Waals surface area contributed by atoms with Crippen LogP contribution in [0.25, 0.3) is 0 Å². The van der Waals surface area contributed by atoms with Gasteiger partial charge in [0.2, 0.25) is 0 Å². The van der Waals surface area contributed by atoms with Gasteiger partial charge >= 0.3 is 0 Å². The third kappa shape index (κ3) is 3.70. The molecule has 2 nitrogen and oxygen atoms in total. The topological polar surface area (TPSA) is 35.2 Å². The lowest BCUT2D eigenvalue weighted by molar-refractivity contribution is 0.242. The van der Waals surface area contributed by atoms with Crippen LogP contribution in [-0.4, -0.2) is 6.10 Å². The lowest BCUT2D eigenvalue weighted by atomic mass is 9.99. The van der Waals surface area contributed by atoms with Gasteiger partial charge in [-0.15, -0.1) is 0 Å². The zero-order valence-electron chi connectivity index (χ0n) is 11.4. The molecule has 4 heteroatoms. The first-order valence-corrected chi connectivity index (χ1v) is 7.52. The molecule has 106 valence electrons. The number of halogens is 2.